The minimum atomic E-state index is 0.743. The largest absolute Gasteiger partial charge is 0.312 e. The molecular formula is C17H26N2. The van der Waals surface area contributed by atoms with Crippen LogP contribution in [0.3, 0.4) is 0 Å². The molecule has 0 heterocycles. The minimum absolute atomic E-state index is 0.743. The second kappa shape index (κ2) is 5.64. The van der Waals surface area contributed by atoms with E-state index in [0.717, 1.165) is 31.0 Å². The van der Waals surface area contributed by atoms with Gasteiger partial charge in [-0.15, -0.1) is 0 Å². The zero-order valence-electron chi connectivity index (χ0n) is 12.2. The summed E-state index contributed by atoms with van der Waals surface area (Å²) in [5.74, 6) is 1.71. The first kappa shape index (κ1) is 13.1. The Kier molecular flexibility index (Phi) is 3.90. The quantitative estimate of drug-likeness (QED) is 0.892. The number of nitrogens with one attached hydrogen (secondary N) is 1. The van der Waals surface area contributed by atoms with Crippen LogP contribution >= 0.6 is 0 Å². The first-order valence-corrected chi connectivity index (χ1v) is 7.69. The molecule has 0 saturated heterocycles. The summed E-state index contributed by atoms with van der Waals surface area (Å²) < 4.78 is 0. The molecule has 1 fully saturated rings. The first-order chi connectivity index (χ1) is 9.24. The maximum atomic E-state index is 3.85. The van der Waals surface area contributed by atoms with Crippen molar-refractivity contribution in [3.05, 3.63) is 35.4 Å². The second-order valence-electron chi connectivity index (χ2n) is 6.56. The lowest BCUT2D eigenvalue weighted by Gasteiger charge is -2.24. The topological polar surface area (TPSA) is 15.3 Å². The van der Waals surface area contributed by atoms with Crippen molar-refractivity contribution in [3.63, 3.8) is 0 Å². The fourth-order valence-corrected chi connectivity index (χ4v) is 3.94. The molecular weight excluding hydrogens is 232 g/mol. The van der Waals surface area contributed by atoms with Gasteiger partial charge in [-0.05, 0) is 62.7 Å². The summed E-state index contributed by atoms with van der Waals surface area (Å²) in [7, 11) is 4.30. The Morgan fingerprint density at radius 2 is 1.63 bits per heavy atom. The van der Waals surface area contributed by atoms with Crippen LogP contribution in [0.5, 0.6) is 0 Å². The van der Waals surface area contributed by atoms with Crippen LogP contribution in [0.1, 0.15) is 24.0 Å². The lowest BCUT2D eigenvalue weighted by Crippen LogP contribution is -2.41. The van der Waals surface area contributed by atoms with Gasteiger partial charge in [-0.1, -0.05) is 24.3 Å². The highest BCUT2D eigenvalue weighted by Gasteiger charge is 2.38. The highest BCUT2D eigenvalue weighted by atomic mass is 15.1. The van der Waals surface area contributed by atoms with Crippen molar-refractivity contribution >= 4 is 0 Å². The molecule has 0 aliphatic heterocycles. The number of rotatable bonds is 4. The Labute approximate surface area is 117 Å². The maximum Gasteiger partial charge on any atom is 0.0130 e. The predicted molar refractivity (Wildman–Crippen MR) is 80.4 cm³/mol. The maximum absolute atomic E-state index is 3.85. The van der Waals surface area contributed by atoms with E-state index in [1.54, 1.807) is 11.1 Å². The normalized spacial score (nSPS) is 29.3. The van der Waals surface area contributed by atoms with Gasteiger partial charge in [0.25, 0.3) is 0 Å². The number of hydrogen-bond donors (Lipinski definition) is 1. The van der Waals surface area contributed by atoms with Crippen molar-refractivity contribution in [2.24, 2.45) is 11.8 Å². The highest BCUT2D eigenvalue weighted by Crippen LogP contribution is 2.39. The molecule has 2 nitrogen and oxygen atoms in total. The van der Waals surface area contributed by atoms with Crippen LogP contribution in [0, 0.1) is 11.8 Å². The molecule has 1 aromatic carbocycles. The average Bonchev–Trinajstić information content (AvgIpc) is 2.65. The zero-order valence-corrected chi connectivity index (χ0v) is 12.2. The van der Waals surface area contributed by atoms with E-state index < -0.39 is 0 Å². The summed E-state index contributed by atoms with van der Waals surface area (Å²) >= 11 is 0. The first-order valence-electron chi connectivity index (χ1n) is 7.69. The van der Waals surface area contributed by atoms with Crippen molar-refractivity contribution in [1.29, 1.82) is 0 Å². The van der Waals surface area contributed by atoms with Crippen LogP contribution in [0.2, 0.25) is 0 Å². The van der Waals surface area contributed by atoms with E-state index in [-0.39, 0.29) is 0 Å². The van der Waals surface area contributed by atoms with Gasteiger partial charge in [-0.3, -0.25) is 0 Å². The van der Waals surface area contributed by atoms with Gasteiger partial charge < -0.3 is 10.2 Å². The highest BCUT2D eigenvalue weighted by molar-refractivity contribution is 5.30. The second-order valence-corrected chi connectivity index (χ2v) is 6.56. The lowest BCUT2D eigenvalue weighted by molar-refractivity contribution is 0.316. The van der Waals surface area contributed by atoms with Crippen molar-refractivity contribution < 1.29 is 0 Å². The molecule has 2 heteroatoms. The Bertz CT molecular complexity index is 394. The third-order valence-corrected chi connectivity index (χ3v) is 4.95. The van der Waals surface area contributed by atoms with E-state index in [4.69, 9.17) is 0 Å². The number of nitrogens with zero attached hydrogens (tertiary/aromatic N) is 1. The summed E-state index contributed by atoms with van der Waals surface area (Å²) in [5.41, 5.74) is 3.21. The van der Waals surface area contributed by atoms with Gasteiger partial charge in [0.2, 0.25) is 0 Å². The van der Waals surface area contributed by atoms with Gasteiger partial charge in [-0.2, -0.15) is 0 Å². The van der Waals surface area contributed by atoms with Gasteiger partial charge in [0.05, 0.1) is 0 Å². The van der Waals surface area contributed by atoms with Crippen molar-refractivity contribution in [1.82, 2.24) is 10.2 Å². The molecule has 2 aliphatic rings. The van der Waals surface area contributed by atoms with Crippen molar-refractivity contribution in [2.45, 2.75) is 31.7 Å². The van der Waals surface area contributed by atoms with Crippen LogP contribution in [0.4, 0.5) is 0 Å². The SMILES string of the molecule is CN(C)CCNC1C2CCC1Cc1ccccc1C2. The predicted octanol–water partition coefficient (Wildman–Crippen LogP) is 2.33. The minimum Gasteiger partial charge on any atom is -0.312 e. The fourth-order valence-electron chi connectivity index (χ4n) is 3.94. The van der Waals surface area contributed by atoms with E-state index in [2.05, 4.69) is 48.6 Å². The Hall–Kier alpha value is -0.860. The smallest absolute Gasteiger partial charge is 0.0130 e. The van der Waals surface area contributed by atoms with Crippen LogP contribution < -0.4 is 5.32 Å². The standard InChI is InChI=1S/C17H26N2/c1-19(2)10-9-18-17-15-7-8-16(17)12-14-6-4-3-5-13(14)11-15/h3-6,15-18H,7-12H2,1-2H3. The van der Waals surface area contributed by atoms with Crippen molar-refractivity contribution in [3.8, 4) is 0 Å². The fraction of sp³-hybridized carbons (Fsp3) is 0.647. The summed E-state index contributed by atoms with van der Waals surface area (Å²) in [4.78, 5) is 2.26. The molecule has 2 aliphatic carbocycles. The molecule has 0 radical (unpaired) electrons. The molecule has 3 rings (SSSR count). The average molecular weight is 258 g/mol. The molecule has 0 aromatic heterocycles. The molecule has 2 atom stereocenters. The molecule has 2 unspecified atom stereocenters. The van der Waals surface area contributed by atoms with E-state index in [0.29, 0.717) is 0 Å². The molecule has 1 N–H and O–H groups in total. The summed E-state index contributed by atoms with van der Waals surface area (Å²) in [6, 6.07) is 9.82. The van der Waals surface area contributed by atoms with Gasteiger partial charge in [0, 0.05) is 19.1 Å². The van der Waals surface area contributed by atoms with Gasteiger partial charge in [0.1, 0.15) is 0 Å². The molecule has 19 heavy (non-hydrogen) atoms. The van der Waals surface area contributed by atoms with E-state index in [1.807, 2.05) is 0 Å². The van der Waals surface area contributed by atoms with Crippen LogP contribution in [-0.4, -0.2) is 38.1 Å². The summed E-state index contributed by atoms with van der Waals surface area (Å²) in [6.07, 6.45) is 5.40. The van der Waals surface area contributed by atoms with Gasteiger partial charge in [0.15, 0.2) is 0 Å². The van der Waals surface area contributed by atoms with Crippen LogP contribution in [0.15, 0.2) is 24.3 Å². The third kappa shape index (κ3) is 2.85. The van der Waals surface area contributed by atoms with Gasteiger partial charge in [-0.25, -0.2) is 0 Å². The van der Waals surface area contributed by atoms with E-state index in [1.165, 1.54) is 25.7 Å². The Morgan fingerprint density at radius 1 is 1.05 bits per heavy atom. The number of hydrogen-bond acceptors (Lipinski definition) is 2. The third-order valence-electron chi connectivity index (χ3n) is 4.95. The van der Waals surface area contributed by atoms with E-state index >= 15 is 0 Å². The Morgan fingerprint density at radius 3 is 2.16 bits per heavy atom. The molecule has 104 valence electrons. The van der Waals surface area contributed by atoms with Crippen molar-refractivity contribution in [2.75, 3.05) is 27.2 Å². The Balaban J connectivity index is 1.69. The van der Waals surface area contributed by atoms with Gasteiger partial charge >= 0.3 is 0 Å². The molecule has 0 amide bonds. The number of benzene rings is 1. The number of likely N-dealkylation sites (N-methyl/N-ethyl adjacent to an activating group) is 1. The lowest BCUT2D eigenvalue weighted by atomic mass is 9.94. The summed E-state index contributed by atoms with van der Waals surface area (Å²) in [6.45, 7) is 2.27. The molecule has 1 saturated carbocycles. The molecule has 1 aromatic rings. The summed E-state index contributed by atoms with van der Waals surface area (Å²) in [5, 5.41) is 3.85. The monoisotopic (exact) mass is 258 g/mol. The van der Waals surface area contributed by atoms with E-state index in [9.17, 15) is 0 Å². The van der Waals surface area contributed by atoms with Crippen LogP contribution in [0.25, 0.3) is 0 Å². The number of fused-ring (bicyclic) bond motifs is 3. The zero-order chi connectivity index (χ0) is 13.2. The van der Waals surface area contributed by atoms with Crippen LogP contribution in [-0.2, 0) is 12.8 Å². The molecule has 0 spiro atoms. The molecule has 2 bridgehead atoms.